The number of carbonyl (C=O) groups is 2. The zero-order chi connectivity index (χ0) is 13.8. The molecule has 0 radical (unpaired) electrons. The SMILES string of the molecule is NC(=O)NC(=O)CCn1c(CO)nc2ccccc21. The smallest absolute Gasteiger partial charge is 0.318 e. The second-order valence-corrected chi connectivity index (χ2v) is 3.99. The molecule has 0 aliphatic carbocycles. The highest BCUT2D eigenvalue weighted by molar-refractivity contribution is 5.93. The summed E-state index contributed by atoms with van der Waals surface area (Å²) in [5.74, 6) is 0.0160. The maximum Gasteiger partial charge on any atom is 0.318 e. The topological polar surface area (TPSA) is 110 Å². The lowest BCUT2D eigenvalue weighted by atomic mass is 10.3. The average molecular weight is 262 g/mol. The molecule has 0 spiro atoms. The number of aliphatic hydroxyl groups is 1. The summed E-state index contributed by atoms with van der Waals surface area (Å²) in [6.45, 7) is 0.0988. The second-order valence-electron chi connectivity index (χ2n) is 3.99. The molecule has 7 nitrogen and oxygen atoms in total. The molecule has 0 aliphatic rings. The Hall–Kier alpha value is -2.41. The average Bonchev–Trinajstić information content (AvgIpc) is 2.73. The van der Waals surface area contributed by atoms with Gasteiger partial charge in [0, 0.05) is 13.0 Å². The molecule has 0 saturated carbocycles. The molecule has 1 aromatic heterocycles. The van der Waals surface area contributed by atoms with E-state index in [4.69, 9.17) is 5.73 Å². The van der Waals surface area contributed by atoms with E-state index in [9.17, 15) is 14.7 Å². The molecule has 1 heterocycles. The minimum absolute atomic E-state index is 0.0797. The molecule has 0 bridgehead atoms. The number of aryl methyl sites for hydroxylation is 1. The number of nitrogens with zero attached hydrogens (tertiary/aromatic N) is 2. The van der Waals surface area contributed by atoms with Crippen LogP contribution in [0.1, 0.15) is 12.2 Å². The van der Waals surface area contributed by atoms with E-state index in [-0.39, 0.29) is 13.0 Å². The monoisotopic (exact) mass is 262 g/mol. The lowest BCUT2D eigenvalue weighted by Gasteiger charge is -2.07. The first-order chi connectivity index (χ1) is 9.11. The van der Waals surface area contributed by atoms with Gasteiger partial charge in [0.05, 0.1) is 11.0 Å². The van der Waals surface area contributed by atoms with E-state index in [1.807, 2.05) is 29.6 Å². The van der Waals surface area contributed by atoms with Gasteiger partial charge in [0.2, 0.25) is 5.91 Å². The standard InChI is InChI=1S/C12H14N4O3/c13-12(19)15-11(18)5-6-16-9-4-2-1-3-8(9)14-10(16)7-17/h1-4,17H,5-7H2,(H3,13,15,18,19). The molecule has 0 fully saturated rings. The number of aliphatic hydroxyl groups excluding tert-OH is 1. The summed E-state index contributed by atoms with van der Waals surface area (Å²) in [5, 5.41) is 11.3. The Balaban J connectivity index is 2.19. The Bertz CT molecular complexity index is 620. The quantitative estimate of drug-likeness (QED) is 0.726. The van der Waals surface area contributed by atoms with Gasteiger partial charge in [0.25, 0.3) is 0 Å². The van der Waals surface area contributed by atoms with E-state index in [1.54, 1.807) is 4.57 Å². The van der Waals surface area contributed by atoms with Crippen molar-refractivity contribution in [1.82, 2.24) is 14.9 Å². The second kappa shape index (κ2) is 5.49. The fraction of sp³-hybridized carbons (Fsp3) is 0.250. The van der Waals surface area contributed by atoms with E-state index >= 15 is 0 Å². The van der Waals surface area contributed by atoms with Gasteiger partial charge in [0.15, 0.2) is 0 Å². The number of hydrogen-bond donors (Lipinski definition) is 3. The molecule has 7 heteroatoms. The first kappa shape index (κ1) is 13.0. The third-order valence-corrected chi connectivity index (χ3v) is 2.70. The minimum Gasteiger partial charge on any atom is -0.388 e. The number of rotatable bonds is 4. The van der Waals surface area contributed by atoms with Gasteiger partial charge in [-0.3, -0.25) is 10.1 Å². The fourth-order valence-electron chi connectivity index (χ4n) is 1.91. The number of nitrogens with two attached hydrogens (primary N) is 1. The summed E-state index contributed by atoms with van der Waals surface area (Å²) >= 11 is 0. The van der Waals surface area contributed by atoms with E-state index in [0.717, 1.165) is 11.0 Å². The van der Waals surface area contributed by atoms with Crippen molar-refractivity contribution in [2.75, 3.05) is 0 Å². The van der Waals surface area contributed by atoms with E-state index < -0.39 is 11.9 Å². The third-order valence-electron chi connectivity index (χ3n) is 2.70. The van der Waals surface area contributed by atoms with Crippen molar-refractivity contribution in [3.05, 3.63) is 30.1 Å². The van der Waals surface area contributed by atoms with Crippen LogP contribution in [0.25, 0.3) is 11.0 Å². The summed E-state index contributed by atoms with van der Waals surface area (Å²) in [6.07, 6.45) is 0.0797. The number of carbonyl (C=O) groups excluding carboxylic acids is 2. The number of benzene rings is 1. The largest absolute Gasteiger partial charge is 0.388 e. The molecular weight excluding hydrogens is 248 g/mol. The predicted molar refractivity (Wildman–Crippen MR) is 68.0 cm³/mol. The normalized spacial score (nSPS) is 10.6. The summed E-state index contributed by atoms with van der Waals surface area (Å²) in [4.78, 5) is 26.2. The number of nitrogens with one attached hydrogen (secondary N) is 1. The van der Waals surface area contributed by atoms with Gasteiger partial charge in [-0.05, 0) is 12.1 Å². The Morgan fingerprint density at radius 2 is 2.11 bits per heavy atom. The highest BCUT2D eigenvalue weighted by Crippen LogP contribution is 2.16. The van der Waals surface area contributed by atoms with Crippen molar-refractivity contribution in [1.29, 1.82) is 0 Å². The number of fused-ring (bicyclic) bond motifs is 1. The lowest BCUT2D eigenvalue weighted by Crippen LogP contribution is -2.35. The maximum atomic E-state index is 11.4. The van der Waals surface area contributed by atoms with Crippen LogP contribution in [0, 0.1) is 0 Å². The highest BCUT2D eigenvalue weighted by atomic mass is 16.3. The number of urea groups is 1. The summed E-state index contributed by atoms with van der Waals surface area (Å²) in [6, 6.07) is 6.51. The molecule has 2 rings (SSSR count). The molecule has 100 valence electrons. The fourth-order valence-corrected chi connectivity index (χ4v) is 1.91. The number of amides is 3. The van der Waals surface area contributed by atoms with Gasteiger partial charge >= 0.3 is 6.03 Å². The Kier molecular flexibility index (Phi) is 3.76. The van der Waals surface area contributed by atoms with Crippen LogP contribution in [0.15, 0.2) is 24.3 Å². The van der Waals surface area contributed by atoms with Crippen molar-refractivity contribution in [2.24, 2.45) is 5.73 Å². The van der Waals surface area contributed by atoms with Crippen molar-refractivity contribution < 1.29 is 14.7 Å². The summed E-state index contributed by atoms with van der Waals surface area (Å²) in [5.41, 5.74) is 6.44. The molecule has 2 aromatic rings. The Labute approximate surface area is 109 Å². The van der Waals surface area contributed by atoms with Crippen molar-refractivity contribution in [3.63, 3.8) is 0 Å². The molecule has 1 aromatic carbocycles. The molecule has 0 aliphatic heterocycles. The molecule has 0 atom stereocenters. The zero-order valence-electron chi connectivity index (χ0n) is 10.2. The van der Waals surface area contributed by atoms with Gasteiger partial charge < -0.3 is 15.4 Å². The number of imide groups is 1. The van der Waals surface area contributed by atoms with Crippen molar-refractivity contribution >= 4 is 23.0 Å². The third kappa shape index (κ3) is 2.89. The van der Waals surface area contributed by atoms with E-state index in [1.165, 1.54) is 0 Å². The lowest BCUT2D eigenvalue weighted by molar-refractivity contribution is -0.120. The first-order valence-electron chi connectivity index (χ1n) is 5.76. The highest BCUT2D eigenvalue weighted by Gasteiger charge is 2.11. The number of hydrogen-bond acceptors (Lipinski definition) is 4. The van der Waals surface area contributed by atoms with Gasteiger partial charge in [-0.25, -0.2) is 9.78 Å². The number of imidazole rings is 1. The van der Waals surface area contributed by atoms with Crippen LogP contribution in [0.4, 0.5) is 4.79 Å². The minimum atomic E-state index is -0.872. The van der Waals surface area contributed by atoms with Crippen molar-refractivity contribution in [2.45, 2.75) is 19.6 Å². The molecule has 19 heavy (non-hydrogen) atoms. The van der Waals surface area contributed by atoms with Crippen molar-refractivity contribution in [3.8, 4) is 0 Å². The molecule has 0 saturated heterocycles. The maximum absolute atomic E-state index is 11.4. The molecular formula is C12H14N4O3. The number of aromatic nitrogens is 2. The number of para-hydroxylation sites is 2. The van der Waals surface area contributed by atoms with E-state index in [2.05, 4.69) is 4.98 Å². The van der Waals surface area contributed by atoms with Gasteiger partial charge in [-0.1, -0.05) is 12.1 Å². The van der Waals surface area contributed by atoms with Gasteiger partial charge in [-0.15, -0.1) is 0 Å². The molecule has 4 N–H and O–H groups in total. The van der Waals surface area contributed by atoms with Crippen LogP contribution < -0.4 is 11.1 Å². The van der Waals surface area contributed by atoms with Gasteiger partial charge in [0.1, 0.15) is 12.4 Å². The molecule has 0 unspecified atom stereocenters. The van der Waals surface area contributed by atoms with E-state index in [0.29, 0.717) is 12.4 Å². The first-order valence-corrected chi connectivity index (χ1v) is 5.76. The van der Waals surface area contributed by atoms with Crippen LogP contribution >= 0.6 is 0 Å². The van der Waals surface area contributed by atoms with Crippen LogP contribution in [0.2, 0.25) is 0 Å². The van der Waals surface area contributed by atoms with Crippen LogP contribution in [0.3, 0.4) is 0 Å². The zero-order valence-corrected chi connectivity index (χ0v) is 10.2. The number of primary amides is 1. The molecule has 3 amide bonds. The summed E-state index contributed by atoms with van der Waals surface area (Å²) in [7, 11) is 0. The Morgan fingerprint density at radius 3 is 2.79 bits per heavy atom. The summed E-state index contributed by atoms with van der Waals surface area (Å²) < 4.78 is 1.75. The predicted octanol–water partition coefficient (Wildman–Crippen LogP) is 0.114. The van der Waals surface area contributed by atoms with Gasteiger partial charge in [-0.2, -0.15) is 0 Å². The Morgan fingerprint density at radius 1 is 1.37 bits per heavy atom. The van der Waals surface area contributed by atoms with Crippen LogP contribution in [0.5, 0.6) is 0 Å². The van der Waals surface area contributed by atoms with Crippen LogP contribution in [-0.4, -0.2) is 26.6 Å². The van der Waals surface area contributed by atoms with Crippen LogP contribution in [-0.2, 0) is 17.9 Å².